The van der Waals surface area contributed by atoms with Crippen LogP contribution in [0.15, 0.2) is 47.8 Å². The topological polar surface area (TPSA) is 98.8 Å². The van der Waals surface area contributed by atoms with E-state index in [0.29, 0.717) is 34.4 Å². The molecular weight excluding hydrogens is 430 g/mol. The molecule has 0 unspecified atom stereocenters. The van der Waals surface area contributed by atoms with Crippen molar-refractivity contribution in [1.82, 2.24) is 10.3 Å². The lowest BCUT2D eigenvalue weighted by Crippen LogP contribution is -2.27. The normalized spacial score (nSPS) is 10.3. The maximum atomic E-state index is 12.5. The van der Waals surface area contributed by atoms with Crippen molar-refractivity contribution in [1.29, 1.82) is 0 Å². The van der Waals surface area contributed by atoms with E-state index < -0.39 is 0 Å². The first-order valence-electron chi connectivity index (χ1n) is 9.89. The van der Waals surface area contributed by atoms with E-state index in [4.69, 9.17) is 14.2 Å². The lowest BCUT2D eigenvalue weighted by atomic mass is 10.1. The number of hydrogen-bond donors (Lipinski definition) is 2. The van der Waals surface area contributed by atoms with Crippen molar-refractivity contribution in [3.05, 3.63) is 64.7 Å². The number of benzene rings is 2. The highest BCUT2D eigenvalue weighted by molar-refractivity contribution is 7.14. The number of nitrogens with one attached hydrogen (secondary N) is 2. The summed E-state index contributed by atoms with van der Waals surface area (Å²) >= 11 is 1.27. The molecule has 2 N–H and O–H groups in total. The second-order valence-electron chi connectivity index (χ2n) is 6.79. The standard InChI is InChI=1S/C23H25N3O5S/c1-29-18-7-4-15(5-8-18)10-11-24-21(27)13-17-14-32-23(25-17)26-22(28)16-6-9-19(30-2)20(12-16)31-3/h4-9,12,14H,10-11,13H2,1-3H3,(H,24,27)(H,25,26,28). The van der Waals surface area contributed by atoms with E-state index in [2.05, 4.69) is 15.6 Å². The SMILES string of the molecule is COc1ccc(CCNC(=O)Cc2csc(NC(=O)c3ccc(OC)c(OC)c3)n2)cc1. The van der Waals surface area contributed by atoms with Gasteiger partial charge in [0.2, 0.25) is 5.91 Å². The molecule has 3 rings (SSSR count). The third kappa shape index (κ3) is 6.21. The van der Waals surface area contributed by atoms with Crippen LogP contribution < -0.4 is 24.8 Å². The molecule has 0 aliphatic rings. The number of anilines is 1. The van der Waals surface area contributed by atoms with Crippen molar-refractivity contribution in [3.8, 4) is 17.2 Å². The average Bonchev–Trinajstić information content (AvgIpc) is 3.25. The molecule has 1 heterocycles. The summed E-state index contributed by atoms with van der Waals surface area (Å²) < 4.78 is 15.5. The highest BCUT2D eigenvalue weighted by atomic mass is 32.1. The van der Waals surface area contributed by atoms with Crippen molar-refractivity contribution in [2.24, 2.45) is 0 Å². The zero-order valence-corrected chi connectivity index (χ0v) is 19.0. The molecule has 0 aliphatic carbocycles. The van der Waals surface area contributed by atoms with Gasteiger partial charge in [-0.05, 0) is 42.3 Å². The third-order valence-corrected chi connectivity index (χ3v) is 5.46. The molecular formula is C23H25N3O5S. The van der Waals surface area contributed by atoms with Crippen molar-refractivity contribution in [2.75, 3.05) is 33.2 Å². The number of hydrogen-bond acceptors (Lipinski definition) is 7. The van der Waals surface area contributed by atoms with Gasteiger partial charge in [0.15, 0.2) is 16.6 Å². The Morgan fingerprint density at radius 2 is 1.72 bits per heavy atom. The quantitative estimate of drug-likeness (QED) is 0.487. The molecule has 168 valence electrons. The summed E-state index contributed by atoms with van der Waals surface area (Å²) in [4.78, 5) is 29.0. The maximum absolute atomic E-state index is 12.5. The molecule has 9 heteroatoms. The van der Waals surface area contributed by atoms with Gasteiger partial charge in [-0.1, -0.05) is 12.1 Å². The Bertz CT molecular complexity index is 1070. The Morgan fingerprint density at radius 3 is 2.41 bits per heavy atom. The van der Waals surface area contributed by atoms with Crippen LogP contribution in [-0.2, 0) is 17.6 Å². The van der Waals surface area contributed by atoms with E-state index in [1.165, 1.54) is 25.6 Å². The van der Waals surface area contributed by atoms with Gasteiger partial charge in [-0.2, -0.15) is 0 Å². The summed E-state index contributed by atoms with van der Waals surface area (Å²) in [7, 11) is 4.67. The average molecular weight is 456 g/mol. The van der Waals surface area contributed by atoms with Gasteiger partial charge in [0.25, 0.3) is 5.91 Å². The van der Waals surface area contributed by atoms with E-state index in [0.717, 1.165) is 17.7 Å². The monoisotopic (exact) mass is 455 g/mol. The van der Waals surface area contributed by atoms with E-state index in [1.54, 1.807) is 30.7 Å². The van der Waals surface area contributed by atoms with Crippen LogP contribution in [0.1, 0.15) is 21.6 Å². The molecule has 3 aromatic rings. The highest BCUT2D eigenvalue weighted by Gasteiger charge is 2.14. The Kier molecular flexibility index (Phi) is 8.04. The number of aromatic nitrogens is 1. The fourth-order valence-electron chi connectivity index (χ4n) is 2.96. The van der Waals surface area contributed by atoms with Crippen LogP contribution >= 0.6 is 11.3 Å². The van der Waals surface area contributed by atoms with E-state index in [-0.39, 0.29) is 18.2 Å². The predicted molar refractivity (Wildman–Crippen MR) is 123 cm³/mol. The minimum atomic E-state index is -0.323. The number of amides is 2. The molecule has 0 radical (unpaired) electrons. The van der Waals surface area contributed by atoms with Crippen LogP contribution in [-0.4, -0.2) is 44.7 Å². The molecule has 0 saturated carbocycles. The number of methoxy groups -OCH3 is 3. The van der Waals surface area contributed by atoms with E-state index in [1.807, 2.05) is 24.3 Å². The zero-order valence-electron chi connectivity index (χ0n) is 18.1. The van der Waals surface area contributed by atoms with Gasteiger partial charge in [-0.3, -0.25) is 14.9 Å². The molecule has 0 aliphatic heterocycles. The molecule has 0 fully saturated rings. The van der Waals surface area contributed by atoms with Gasteiger partial charge in [-0.25, -0.2) is 4.98 Å². The number of ether oxygens (including phenoxy) is 3. The maximum Gasteiger partial charge on any atom is 0.257 e. The molecule has 32 heavy (non-hydrogen) atoms. The van der Waals surface area contributed by atoms with Crippen molar-refractivity contribution in [3.63, 3.8) is 0 Å². The fourth-order valence-corrected chi connectivity index (χ4v) is 3.66. The van der Waals surface area contributed by atoms with Gasteiger partial charge in [0.1, 0.15) is 5.75 Å². The Morgan fingerprint density at radius 1 is 0.969 bits per heavy atom. The van der Waals surface area contributed by atoms with Crippen LogP contribution in [0.4, 0.5) is 5.13 Å². The summed E-state index contributed by atoms with van der Waals surface area (Å²) in [5, 5.41) is 7.81. The van der Waals surface area contributed by atoms with Crippen molar-refractivity contribution < 1.29 is 23.8 Å². The van der Waals surface area contributed by atoms with Gasteiger partial charge >= 0.3 is 0 Å². The van der Waals surface area contributed by atoms with Crippen LogP contribution in [0.2, 0.25) is 0 Å². The number of thiazole rings is 1. The zero-order chi connectivity index (χ0) is 22.9. The first-order valence-corrected chi connectivity index (χ1v) is 10.8. The number of carbonyl (C=O) groups excluding carboxylic acids is 2. The summed E-state index contributed by atoms with van der Waals surface area (Å²) in [6.07, 6.45) is 0.866. The first-order chi connectivity index (χ1) is 15.5. The molecule has 2 amide bonds. The van der Waals surface area contributed by atoms with Gasteiger partial charge in [-0.15, -0.1) is 11.3 Å². The van der Waals surface area contributed by atoms with Crippen molar-refractivity contribution >= 4 is 28.3 Å². The molecule has 1 aromatic heterocycles. The Hall–Kier alpha value is -3.59. The van der Waals surface area contributed by atoms with Crippen LogP contribution in [0.3, 0.4) is 0 Å². The third-order valence-electron chi connectivity index (χ3n) is 4.65. The molecule has 0 atom stereocenters. The van der Waals surface area contributed by atoms with Gasteiger partial charge < -0.3 is 19.5 Å². The second-order valence-corrected chi connectivity index (χ2v) is 7.65. The summed E-state index contributed by atoms with van der Waals surface area (Å²) in [6, 6.07) is 12.6. The van der Waals surface area contributed by atoms with E-state index >= 15 is 0 Å². The lowest BCUT2D eigenvalue weighted by Gasteiger charge is -2.09. The van der Waals surface area contributed by atoms with Crippen LogP contribution in [0, 0.1) is 0 Å². The molecule has 0 bridgehead atoms. The van der Waals surface area contributed by atoms with Gasteiger partial charge in [0.05, 0.1) is 33.4 Å². The van der Waals surface area contributed by atoms with E-state index in [9.17, 15) is 9.59 Å². The molecule has 0 spiro atoms. The molecule has 8 nitrogen and oxygen atoms in total. The minimum absolute atomic E-state index is 0.124. The number of nitrogens with zero attached hydrogens (tertiary/aromatic N) is 1. The smallest absolute Gasteiger partial charge is 0.257 e. The molecule has 0 saturated heterocycles. The van der Waals surface area contributed by atoms with Crippen molar-refractivity contribution in [2.45, 2.75) is 12.8 Å². The Labute approximate surface area is 190 Å². The fraction of sp³-hybridized carbons (Fsp3) is 0.261. The molecule has 2 aromatic carbocycles. The number of rotatable bonds is 10. The van der Waals surface area contributed by atoms with Crippen LogP contribution in [0.25, 0.3) is 0 Å². The van der Waals surface area contributed by atoms with Gasteiger partial charge in [0, 0.05) is 17.5 Å². The summed E-state index contributed by atoms with van der Waals surface area (Å²) in [5.41, 5.74) is 2.12. The first kappa shape index (κ1) is 23.1. The number of carbonyl (C=O) groups is 2. The predicted octanol–water partition coefficient (Wildman–Crippen LogP) is 3.32. The highest BCUT2D eigenvalue weighted by Crippen LogP contribution is 2.28. The summed E-state index contributed by atoms with van der Waals surface area (Å²) in [5.74, 6) is 1.36. The Balaban J connectivity index is 1.48. The second kappa shape index (κ2) is 11.1. The summed E-state index contributed by atoms with van der Waals surface area (Å²) in [6.45, 7) is 0.526. The minimum Gasteiger partial charge on any atom is -0.497 e. The lowest BCUT2D eigenvalue weighted by molar-refractivity contribution is -0.120. The largest absolute Gasteiger partial charge is 0.497 e. The van der Waals surface area contributed by atoms with Crippen LogP contribution in [0.5, 0.6) is 17.2 Å².